The molecule has 0 saturated carbocycles. The number of rotatable bonds is 12. The Labute approximate surface area is 800 Å². The summed E-state index contributed by atoms with van der Waals surface area (Å²) in [4.78, 5) is 39.2. The molecule has 642 valence electrons. The minimum atomic E-state index is 0. The van der Waals surface area contributed by atoms with Crippen molar-refractivity contribution >= 4 is 206 Å². The van der Waals surface area contributed by atoms with Crippen molar-refractivity contribution in [1.82, 2.24) is 38.0 Å². The summed E-state index contributed by atoms with van der Waals surface area (Å²) in [6.07, 6.45) is 5.88. The van der Waals surface area contributed by atoms with Crippen LogP contribution in [-0.4, -0.2) is 59.2 Å². The largest absolute Gasteiger partial charge is 0.510 e. The molecule has 26 rings (SSSR count). The Hall–Kier alpha value is -14.9. The molecule has 3 aliphatic heterocycles. The fourth-order valence-electron chi connectivity index (χ4n) is 18.5. The van der Waals surface area contributed by atoms with E-state index in [-0.39, 0.29) is 63.2 Å². The maximum atomic E-state index is 5.12. The maximum Gasteiger partial charge on any atom is 0.121 e. The number of pyridine rings is 4. The van der Waals surface area contributed by atoms with Crippen molar-refractivity contribution in [2.75, 3.05) is 60.3 Å². The fourth-order valence-corrected chi connectivity index (χ4v) is 18.5. The second-order valence-electron chi connectivity index (χ2n) is 32.0. The molecule has 19 heteroatoms. The summed E-state index contributed by atoms with van der Waals surface area (Å²) in [6.45, 7) is 6.20. The third-order valence-electron chi connectivity index (χ3n) is 24.3. The zero-order valence-electron chi connectivity index (χ0n) is 70.7. The maximum absolute atomic E-state index is 5.12. The third kappa shape index (κ3) is 14.5. The molecule has 0 saturated heterocycles. The molecule has 23 aromatic rings. The van der Waals surface area contributed by atoms with Crippen LogP contribution in [0.1, 0.15) is 0 Å². The van der Waals surface area contributed by atoms with Gasteiger partial charge in [0.15, 0.2) is 0 Å². The van der Waals surface area contributed by atoms with Gasteiger partial charge in [-0.05, 0) is 182 Å². The fraction of sp³-hybridized carbons (Fsp3) is 0.0268. The number of hydrogen-bond acceptors (Lipinski definition) is 13. The predicted octanol–water partition coefficient (Wildman–Crippen LogP) is 26.7. The molecule has 10 heterocycles. The molecule has 0 bridgehead atoms. The summed E-state index contributed by atoms with van der Waals surface area (Å²) in [7, 11) is 6.11. The van der Waals surface area contributed by atoms with Crippen LogP contribution in [0.4, 0.5) is 91.1 Å². The molecule has 0 spiro atoms. The van der Waals surface area contributed by atoms with Gasteiger partial charge in [-0.2, -0.15) is 38.2 Å². The summed E-state index contributed by atoms with van der Waals surface area (Å²) in [5.41, 5.74) is 27.1. The van der Waals surface area contributed by atoms with Gasteiger partial charge in [0.1, 0.15) is 5.82 Å². The third-order valence-corrected chi connectivity index (χ3v) is 24.3. The van der Waals surface area contributed by atoms with E-state index < -0.39 is 0 Å². The number of aromatic nitrogens is 7. The van der Waals surface area contributed by atoms with Gasteiger partial charge in [0.2, 0.25) is 0 Å². The van der Waals surface area contributed by atoms with E-state index in [1.165, 1.54) is 16.2 Å². The molecule has 131 heavy (non-hydrogen) atoms. The number of para-hydroxylation sites is 14. The number of anilines is 16. The number of nitrogens with zero attached hydrogens (tertiary/aromatic N) is 16. The van der Waals surface area contributed by atoms with E-state index in [1.54, 1.807) is 0 Å². The Kier molecular flexibility index (Phi) is 21.9. The van der Waals surface area contributed by atoms with Crippen LogP contribution in [0.25, 0.3) is 115 Å². The Morgan fingerprint density at radius 3 is 1.01 bits per heavy atom. The smallest absolute Gasteiger partial charge is 0.121 e. The Bertz CT molecular complexity index is 8020. The molecule has 0 amide bonds. The molecule has 0 aliphatic carbocycles. The summed E-state index contributed by atoms with van der Waals surface area (Å²) in [5.74, 6) is 0.914. The van der Waals surface area contributed by atoms with Crippen LogP contribution in [0.3, 0.4) is 0 Å². The quantitative estimate of drug-likeness (QED) is 0.0859. The van der Waals surface area contributed by atoms with Gasteiger partial charge in [-0.25, -0.2) is 4.98 Å². The zero-order valence-corrected chi connectivity index (χ0v) is 77.5. The Morgan fingerprint density at radius 1 is 0.260 bits per heavy atom. The Balaban J connectivity index is 0.000000117. The molecule has 0 N–H and O–H groups in total. The first-order valence-corrected chi connectivity index (χ1v) is 42.6. The second kappa shape index (κ2) is 34.6. The molecule has 0 radical (unpaired) electrons. The van der Waals surface area contributed by atoms with Crippen molar-refractivity contribution in [2.45, 2.75) is 0 Å². The summed E-state index contributed by atoms with van der Waals surface area (Å²) in [6, 6.07) is 149. The number of benzene rings is 16. The molecule has 16 aromatic carbocycles. The van der Waals surface area contributed by atoms with E-state index in [1.807, 2.05) is 98.3 Å². The van der Waals surface area contributed by atoms with Crippen LogP contribution in [0.15, 0.2) is 383 Å². The predicted molar refractivity (Wildman–Crippen MR) is 524 cm³/mol. The zero-order chi connectivity index (χ0) is 85.0. The SMILES string of the molecule is CN1C=CN(c2[c-]c(N(c3[c-]c4c(cc3)c3ccccc3n3c5ccccc5nc43)c3ccccc3)ccc2)[CH-]1.CN1[CH-]N(c2[c-]c(N(c3[c-]c4c(cc3)c3ccccc3n3c5ccccc5nc43)c3ccccc3)ccc2)c2ccccc21.CN1[CH-]N(c2[c-]c(N(c3[c-]c4c(cc3)c3ccccc3n3c5ccccc5nc43)c3ccccc3)ccc2)c2cccnc21.[Pt].[Pt].[Pt]. The van der Waals surface area contributed by atoms with E-state index in [2.05, 4.69) is 424 Å². The number of hydrogen-bond donors (Lipinski definition) is 0. The number of fused-ring (bicyclic) bond motifs is 26. The first-order valence-electron chi connectivity index (χ1n) is 42.6. The normalized spacial score (nSPS) is 12.8. The van der Waals surface area contributed by atoms with Crippen LogP contribution in [0, 0.1) is 56.4 Å². The Morgan fingerprint density at radius 2 is 0.595 bits per heavy atom. The average Bonchev–Trinajstić information content (AvgIpc) is 1.58. The van der Waals surface area contributed by atoms with Gasteiger partial charge in [-0.1, -0.05) is 207 Å². The van der Waals surface area contributed by atoms with Gasteiger partial charge in [-0.3, -0.25) is 15.0 Å². The van der Waals surface area contributed by atoms with E-state index in [4.69, 9.17) is 15.0 Å². The second-order valence-corrected chi connectivity index (χ2v) is 32.0. The molecule has 0 fully saturated rings. The van der Waals surface area contributed by atoms with Crippen LogP contribution in [0.2, 0.25) is 0 Å². The van der Waals surface area contributed by atoms with Gasteiger partial charge in [0.05, 0.1) is 55.7 Å². The van der Waals surface area contributed by atoms with Crippen molar-refractivity contribution in [3.05, 3.63) is 439 Å². The molecule has 0 atom stereocenters. The van der Waals surface area contributed by atoms with Gasteiger partial charge < -0.3 is 57.3 Å². The molecular formula is C112H75N16Pt3-9. The van der Waals surface area contributed by atoms with E-state index in [9.17, 15) is 0 Å². The summed E-state index contributed by atoms with van der Waals surface area (Å²) >= 11 is 0. The average molecular weight is 2230 g/mol. The van der Waals surface area contributed by atoms with Crippen molar-refractivity contribution in [1.29, 1.82) is 0 Å². The summed E-state index contributed by atoms with van der Waals surface area (Å²) in [5, 5.41) is 9.85. The van der Waals surface area contributed by atoms with Crippen LogP contribution < -0.4 is 39.2 Å². The van der Waals surface area contributed by atoms with E-state index >= 15 is 0 Å². The molecular weight excluding hydrogens is 2150 g/mol. The number of imidazole rings is 3. The molecule has 3 aliphatic rings. The van der Waals surface area contributed by atoms with E-state index in [0.29, 0.717) is 0 Å². The summed E-state index contributed by atoms with van der Waals surface area (Å²) < 4.78 is 6.79. The monoisotopic (exact) mass is 2230 g/mol. The van der Waals surface area contributed by atoms with Gasteiger partial charge in [0, 0.05) is 114 Å². The van der Waals surface area contributed by atoms with Crippen LogP contribution >= 0.6 is 0 Å². The first-order chi connectivity index (χ1) is 63.2. The van der Waals surface area contributed by atoms with Crippen molar-refractivity contribution < 1.29 is 63.2 Å². The standard InChI is InChI=1S/C39H26N5.C38H25N6.C35H24N5.3Pt/c1-41-26-42(38-21-10-9-20-37(38)41)28-14-11-15-29(24-28)43(27-12-3-2-4-13-27)30-22-23-31-32-16-5-7-18-35(32)44-36-19-8-6-17-34(36)40-39(44)33(31)25-30;1-41-25-42(36-19-10-22-39-38(36)41)27-13-9-14-28(23-27)43(26-11-3-2-4-12-26)29-20-21-30-31-15-5-7-17-34(31)44-35-18-8-6-16-33(35)40-37(44)32(30)24-29;1-37-20-21-38(24-37)26-12-9-13-27(22-26)39(25-10-3-2-4-11-25)28-18-19-29-30-14-5-7-16-33(30)40-34-17-8-6-15-32(34)36-35(40)31(29)23-28;;;/h2-23,26H,1H3;2-22,25H,1H3;2-21,24H,1H3;;;/q3*-3;;;. The molecule has 16 nitrogen and oxygen atoms in total. The minimum absolute atomic E-state index is 0. The van der Waals surface area contributed by atoms with Crippen molar-refractivity contribution in [2.24, 2.45) is 0 Å². The molecule has 7 aromatic heterocycles. The van der Waals surface area contributed by atoms with E-state index in [0.717, 1.165) is 190 Å². The topological polar surface area (TPSA) is 94.0 Å². The van der Waals surface area contributed by atoms with Crippen LogP contribution in [0.5, 0.6) is 0 Å². The van der Waals surface area contributed by atoms with Gasteiger partial charge in [-0.15, -0.1) is 126 Å². The minimum Gasteiger partial charge on any atom is -0.510 e. The molecule has 0 unspecified atom stereocenters. The van der Waals surface area contributed by atoms with Gasteiger partial charge in [0.25, 0.3) is 0 Å². The van der Waals surface area contributed by atoms with Crippen molar-refractivity contribution in [3.8, 4) is 0 Å². The van der Waals surface area contributed by atoms with Crippen LogP contribution in [-0.2, 0) is 63.2 Å². The van der Waals surface area contributed by atoms with Crippen molar-refractivity contribution in [3.63, 3.8) is 0 Å². The van der Waals surface area contributed by atoms with Gasteiger partial charge >= 0.3 is 0 Å². The first kappa shape index (κ1) is 83.0.